The zero-order chi connectivity index (χ0) is 11.7. The molecule has 1 aliphatic carbocycles. The average Bonchev–Trinajstić information content (AvgIpc) is 2.12. The Morgan fingerprint density at radius 2 is 1.60 bits per heavy atom. The molecule has 3 heteroatoms. The van der Waals surface area contributed by atoms with Crippen molar-refractivity contribution in [2.45, 2.75) is 40.2 Å². The highest BCUT2D eigenvalue weighted by atomic mass is 14.8. The minimum absolute atomic E-state index is 0.107. The second kappa shape index (κ2) is 4.27. The summed E-state index contributed by atoms with van der Waals surface area (Å²) in [4.78, 5) is 0. The van der Waals surface area contributed by atoms with Crippen LogP contribution >= 0.6 is 0 Å². The predicted octanol–water partition coefficient (Wildman–Crippen LogP) is 1.46. The molecule has 0 bridgehead atoms. The maximum absolute atomic E-state index is 6.06. The lowest BCUT2D eigenvalue weighted by Gasteiger charge is -2.30. The van der Waals surface area contributed by atoms with E-state index in [1.54, 1.807) is 0 Å². The van der Waals surface area contributed by atoms with Crippen molar-refractivity contribution in [3.8, 4) is 0 Å². The number of allylic oxidation sites excluding steroid dienone is 1. The van der Waals surface area contributed by atoms with Gasteiger partial charge in [0.2, 0.25) is 0 Å². The van der Waals surface area contributed by atoms with Gasteiger partial charge in [0.15, 0.2) is 0 Å². The molecule has 0 fully saturated rings. The van der Waals surface area contributed by atoms with Gasteiger partial charge < -0.3 is 17.2 Å². The summed E-state index contributed by atoms with van der Waals surface area (Å²) < 4.78 is 0. The van der Waals surface area contributed by atoms with Crippen LogP contribution in [0.3, 0.4) is 0 Å². The maximum Gasteiger partial charge on any atom is 0.0556 e. The number of rotatable bonds is 2. The third kappa shape index (κ3) is 2.17. The third-order valence-corrected chi connectivity index (χ3v) is 3.06. The standard InChI is InChI=1S/C12H23N3/c1-6(2)8-5-9(13)11(14)12(15)10(8)7(3)4/h6-7,9H,5,13-15H2,1-4H3. The van der Waals surface area contributed by atoms with E-state index in [4.69, 9.17) is 17.2 Å². The number of hydrogen-bond donors (Lipinski definition) is 3. The molecule has 0 amide bonds. The van der Waals surface area contributed by atoms with Gasteiger partial charge in [-0.05, 0) is 23.8 Å². The molecule has 0 aromatic heterocycles. The monoisotopic (exact) mass is 209 g/mol. The van der Waals surface area contributed by atoms with E-state index in [0.29, 0.717) is 23.2 Å². The largest absolute Gasteiger partial charge is 0.399 e. The first-order chi connectivity index (χ1) is 6.86. The van der Waals surface area contributed by atoms with Gasteiger partial charge in [0.25, 0.3) is 0 Å². The molecule has 1 aliphatic rings. The van der Waals surface area contributed by atoms with Gasteiger partial charge in [0.05, 0.1) is 11.7 Å². The van der Waals surface area contributed by atoms with Gasteiger partial charge in [-0.15, -0.1) is 0 Å². The summed E-state index contributed by atoms with van der Waals surface area (Å²) >= 11 is 0. The minimum atomic E-state index is -0.107. The normalized spacial score (nSPS) is 23.3. The lowest BCUT2D eigenvalue weighted by molar-refractivity contribution is 0.594. The van der Waals surface area contributed by atoms with Gasteiger partial charge in [0.1, 0.15) is 0 Å². The van der Waals surface area contributed by atoms with Crippen LogP contribution in [0.4, 0.5) is 0 Å². The Bertz CT molecular complexity index is 311. The number of nitrogens with two attached hydrogens (primary N) is 3. The first-order valence-electron chi connectivity index (χ1n) is 5.60. The van der Waals surface area contributed by atoms with Crippen LogP contribution in [0, 0.1) is 11.8 Å². The third-order valence-electron chi connectivity index (χ3n) is 3.06. The molecule has 0 aromatic rings. The van der Waals surface area contributed by atoms with Gasteiger partial charge >= 0.3 is 0 Å². The van der Waals surface area contributed by atoms with Crippen LogP contribution < -0.4 is 17.2 Å². The Kier molecular flexibility index (Phi) is 3.45. The Morgan fingerprint density at radius 1 is 1.07 bits per heavy atom. The van der Waals surface area contributed by atoms with E-state index in [2.05, 4.69) is 27.7 Å². The molecule has 0 spiro atoms. The molecule has 15 heavy (non-hydrogen) atoms. The van der Waals surface area contributed by atoms with E-state index >= 15 is 0 Å². The highest BCUT2D eigenvalue weighted by Gasteiger charge is 2.26. The molecular weight excluding hydrogens is 186 g/mol. The van der Waals surface area contributed by atoms with Crippen LogP contribution in [0.25, 0.3) is 0 Å². The molecule has 1 atom stereocenters. The Balaban J connectivity index is 3.26. The molecule has 0 radical (unpaired) electrons. The van der Waals surface area contributed by atoms with E-state index in [1.807, 2.05) is 0 Å². The lowest BCUT2D eigenvalue weighted by atomic mass is 9.80. The number of hydrogen-bond acceptors (Lipinski definition) is 3. The second-order valence-electron chi connectivity index (χ2n) is 4.93. The summed E-state index contributed by atoms with van der Waals surface area (Å²) in [6, 6.07) is -0.107. The van der Waals surface area contributed by atoms with E-state index < -0.39 is 0 Å². The molecule has 0 heterocycles. The fraction of sp³-hybridized carbons (Fsp3) is 0.667. The van der Waals surface area contributed by atoms with Crippen LogP contribution in [0.15, 0.2) is 22.5 Å². The smallest absolute Gasteiger partial charge is 0.0556 e. The van der Waals surface area contributed by atoms with Gasteiger partial charge in [-0.2, -0.15) is 0 Å². The molecule has 6 N–H and O–H groups in total. The second-order valence-corrected chi connectivity index (χ2v) is 4.93. The fourth-order valence-electron chi connectivity index (χ4n) is 2.21. The molecular formula is C12H23N3. The van der Waals surface area contributed by atoms with Crippen LogP contribution in [-0.4, -0.2) is 6.04 Å². The summed E-state index contributed by atoms with van der Waals surface area (Å²) in [6.45, 7) is 8.65. The predicted molar refractivity (Wildman–Crippen MR) is 64.7 cm³/mol. The molecule has 0 aromatic carbocycles. The summed E-state index contributed by atoms with van der Waals surface area (Å²) in [7, 11) is 0. The first kappa shape index (κ1) is 12.1. The zero-order valence-corrected chi connectivity index (χ0v) is 10.2. The van der Waals surface area contributed by atoms with Crippen molar-refractivity contribution in [3.63, 3.8) is 0 Å². The van der Waals surface area contributed by atoms with E-state index in [1.165, 1.54) is 11.1 Å². The van der Waals surface area contributed by atoms with Crippen molar-refractivity contribution in [1.82, 2.24) is 0 Å². The van der Waals surface area contributed by atoms with E-state index in [-0.39, 0.29) is 6.04 Å². The van der Waals surface area contributed by atoms with Crippen LogP contribution in [-0.2, 0) is 0 Å². The average molecular weight is 209 g/mol. The van der Waals surface area contributed by atoms with Crippen molar-refractivity contribution in [2.75, 3.05) is 0 Å². The Morgan fingerprint density at radius 3 is 2.00 bits per heavy atom. The quantitative estimate of drug-likeness (QED) is 0.644. The molecule has 0 aliphatic heterocycles. The van der Waals surface area contributed by atoms with Crippen molar-refractivity contribution in [2.24, 2.45) is 29.0 Å². The van der Waals surface area contributed by atoms with Crippen molar-refractivity contribution in [1.29, 1.82) is 0 Å². The summed E-state index contributed by atoms with van der Waals surface area (Å²) in [5, 5.41) is 0. The fourth-order valence-corrected chi connectivity index (χ4v) is 2.21. The van der Waals surface area contributed by atoms with Crippen molar-refractivity contribution in [3.05, 3.63) is 22.5 Å². The van der Waals surface area contributed by atoms with Crippen LogP contribution in [0.2, 0.25) is 0 Å². The Hall–Kier alpha value is -0.960. The topological polar surface area (TPSA) is 78.1 Å². The lowest BCUT2D eigenvalue weighted by Crippen LogP contribution is -2.36. The van der Waals surface area contributed by atoms with E-state index in [0.717, 1.165) is 6.42 Å². The van der Waals surface area contributed by atoms with Crippen molar-refractivity contribution >= 4 is 0 Å². The van der Waals surface area contributed by atoms with Crippen LogP contribution in [0.1, 0.15) is 34.1 Å². The summed E-state index contributed by atoms with van der Waals surface area (Å²) in [5.41, 5.74) is 21.9. The highest BCUT2D eigenvalue weighted by Crippen LogP contribution is 2.33. The van der Waals surface area contributed by atoms with Gasteiger partial charge in [-0.25, -0.2) is 0 Å². The van der Waals surface area contributed by atoms with Crippen LogP contribution in [0.5, 0.6) is 0 Å². The molecule has 1 unspecified atom stereocenters. The van der Waals surface area contributed by atoms with Gasteiger partial charge in [-0.3, -0.25) is 0 Å². The SMILES string of the molecule is CC(C)C1=C(C(C)C)C(N)=C(N)C(N)C1. The summed E-state index contributed by atoms with van der Waals surface area (Å²) in [5.74, 6) is 0.897. The molecule has 1 rings (SSSR count). The highest BCUT2D eigenvalue weighted by molar-refractivity contribution is 5.43. The van der Waals surface area contributed by atoms with Crippen molar-refractivity contribution < 1.29 is 0 Å². The minimum Gasteiger partial charge on any atom is -0.399 e. The van der Waals surface area contributed by atoms with Gasteiger partial charge in [0, 0.05) is 5.70 Å². The molecule has 0 saturated heterocycles. The molecule has 86 valence electrons. The van der Waals surface area contributed by atoms with E-state index in [9.17, 15) is 0 Å². The Labute approximate surface area is 92.4 Å². The maximum atomic E-state index is 6.06. The molecule has 3 nitrogen and oxygen atoms in total. The van der Waals surface area contributed by atoms with Gasteiger partial charge in [-0.1, -0.05) is 33.3 Å². The summed E-state index contributed by atoms with van der Waals surface area (Å²) in [6.07, 6.45) is 0.845. The zero-order valence-electron chi connectivity index (χ0n) is 10.2. The molecule has 0 saturated carbocycles. The first-order valence-corrected chi connectivity index (χ1v) is 5.60.